The highest BCUT2D eigenvalue weighted by atomic mass is 32.1. The Morgan fingerprint density at radius 1 is 1.55 bits per heavy atom. The maximum Gasteiger partial charge on any atom is 0.406 e. The molecule has 2 amide bonds. The molecule has 2 heterocycles. The molecule has 1 aromatic rings. The van der Waals surface area contributed by atoms with Crippen molar-refractivity contribution in [2.24, 2.45) is 0 Å². The van der Waals surface area contributed by atoms with Crippen LogP contribution in [0.2, 0.25) is 0 Å². The van der Waals surface area contributed by atoms with Crippen LogP contribution in [-0.2, 0) is 4.79 Å². The Kier molecular flexibility index (Phi) is 4.64. The Morgan fingerprint density at radius 3 is 2.82 bits per heavy atom. The molecular weight excluding hydrogens is 321 g/mol. The molecule has 1 fully saturated rings. The van der Waals surface area contributed by atoms with Gasteiger partial charge in [-0.05, 0) is 19.4 Å². The molecular formula is C13H15F3N2O3S. The van der Waals surface area contributed by atoms with Crippen LogP contribution < -0.4 is 10.1 Å². The Balaban J connectivity index is 2.02. The topological polar surface area (TPSA) is 58.6 Å². The number of carbonyl (C=O) groups excluding carboxylic acids is 2. The first-order chi connectivity index (χ1) is 10.2. The fourth-order valence-corrected chi connectivity index (χ4v) is 3.15. The summed E-state index contributed by atoms with van der Waals surface area (Å²) in [5.74, 6) is -0.835. The Morgan fingerprint density at radius 2 is 2.23 bits per heavy atom. The first kappa shape index (κ1) is 16.6. The summed E-state index contributed by atoms with van der Waals surface area (Å²) in [5.41, 5.74) is 0. The molecule has 1 aliphatic rings. The van der Waals surface area contributed by atoms with Crippen molar-refractivity contribution in [3.63, 3.8) is 0 Å². The van der Waals surface area contributed by atoms with Gasteiger partial charge in [0.1, 0.15) is 23.2 Å². The Bertz CT molecular complexity index is 586. The van der Waals surface area contributed by atoms with E-state index in [1.165, 1.54) is 18.4 Å². The highest BCUT2D eigenvalue weighted by Crippen LogP contribution is 2.29. The van der Waals surface area contributed by atoms with Gasteiger partial charge in [-0.2, -0.15) is 13.2 Å². The number of ether oxygens (including phenoxy) is 1. The normalized spacial score (nSPS) is 18.7. The zero-order valence-corrected chi connectivity index (χ0v) is 12.8. The number of hydrogen-bond acceptors (Lipinski definition) is 4. The van der Waals surface area contributed by atoms with E-state index in [4.69, 9.17) is 4.74 Å². The molecule has 1 atom stereocenters. The largest absolute Gasteiger partial charge is 0.495 e. The number of carbonyl (C=O) groups is 2. The molecule has 0 radical (unpaired) electrons. The zero-order valence-electron chi connectivity index (χ0n) is 12.0. The fraction of sp³-hybridized carbons (Fsp3) is 0.538. The molecule has 9 heteroatoms. The quantitative estimate of drug-likeness (QED) is 0.914. The summed E-state index contributed by atoms with van der Waals surface area (Å²) >= 11 is 1.20. The van der Waals surface area contributed by atoms with Crippen LogP contribution in [0.25, 0.3) is 0 Å². The van der Waals surface area contributed by atoms with Crippen molar-refractivity contribution in [3.8, 4) is 5.75 Å². The second-order valence-corrected chi connectivity index (χ2v) is 6.20. The van der Waals surface area contributed by atoms with Crippen LogP contribution in [0.5, 0.6) is 5.75 Å². The average Bonchev–Trinajstić information content (AvgIpc) is 2.94. The smallest absolute Gasteiger partial charge is 0.406 e. The highest BCUT2D eigenvalue weighted by molar-refractivity contribution is 7.14. The zero-order chi connectivity index (χ0) is 16.5. The lowest BCUT2D eigenvalue weighted by atomic mass is 10.2. The second-order valence-electron chi connectivity index (χ2n) is 4.94. The molecule has 0 spiro atoms. The van der Waals surface area contributed by atoms with Crippen molar-refractivity contribution in [1.82, 2.24) is 10.2 Å². The van der Waals surface area contributed by atoms with Gasteiger partial charge >= 0.3 is 6.18 Å². The lowest BCUT2D eigenvalue weighted by molar-refractivity contribution is -0.157. The average molecular weight is 336 g/mol. The van der Waals surface area contributed by atoms with Crippen molar-refractivity contribution in [1.29, 1.82) is 0 Å². The molecule has 22 heavy (non-hydrogen) atoms. The molecule has 0 saturated carbocycles. The Hall–Kier alpha value is -1.77. The summed E-state index contributed by atoms with van der Waals surface area (Å²) in [6.07, 6.45) is -4.28. The predicted molar refractivity (Wildman–Crippen MR) is 74.1 cm³/mol. The second kappa shape index (κ2) is 6.15. The van der Waals surface area contributed by atoms with Gasteiger partial charge in [-0.1, -0.05) is 0 Å². The first-order valence-electron chi connectivity index (χ1n) is 6.52. The van der Waals surface area contributed by atoms with Crippen LogP contribution in [0, 0.1) is 6.92 Å². The van der Waals surface area contributed by atoms with Crippen molar-refractivity contribution in [3.05, 3.63) is 15.8 Å². The van der Waals surface area contributed by atoms with Crippen LogP contribution in [0.1, 0.15) is 21.0 Å². The van der Waals surface area contributed by atoms with Crippen LogP contribution in [0.15, 0.2) is 6.07 Å². The van der Waals surface area contributed by atoms with Gasteiger partial charge in [-0.15, -0.1) is 11.3 Å². The number of amides is 2. The number of thiophene rings is 1. The number of nitrogens with one attached hydrogen (secondary N) is 1. The summed E-state index contributed by atoms with van der Waals surface area (Å²) < 4.78 is 42.1. The summed E-state index contributed by atoms with van der Waals surface area (Å²) in [6, 6.07) is 0.758. The number of likely N-dealkylation sites (tertiary alicyclic amines) is 1. The van der Waals surface area contributed by atoms with E-state index in [2.05, 4.69) is 5.32 Å². The van der Waals surface area contributed by atoms with Crippen LogP contribution in [-0.4, -0.2) is 49.1 Å². The van der Waals surface area contributed by atoms with Crippen molar-refractivity contribution < 1.29 is 27.5 Å². The van der Waals surface area contributed by atoms with Crippen LogP contribution in [0.4, 0.5) is 13.2 Å². The van der Waals surface area contributed by atoms with E-state index in [1.54, 1.807) is 13.0 Å². The molecule has 0 bridgehead atoms. The molecule has 2 rings (SSSR count). The number of rotatable bonds is 4. The monoisotopic (exact) mass is 336 g/mol. The van der Waals surface area contributed by atoms with E-state index in [1.807, 2.05) is 0 Å². The first-order valence-corrected chi connectivity index (χ1v) is 7.33. The number of hydrogen-bond donors (Lipinski definition) is 1. The van der Waals surface area contributed by atoms with Gasteiger partial charge in [0.2, 0.25) is 5.91 Å². The molecule has 0 aromatic carbocycles. The number of halogens is 3. The van der Waals surface area contributed by atoms with Gasteiger partial charge in [0.15, 0.2) is 0 Å². The minimum absolute atomic E-state index is 0.0239. The maximum absolute atomic E-state index is 12.3. The molecule has 122 valence electrons. The third-order valence-electron chi connectivity index (χ3n) is 3.22. The molecule has 1 N–H and O–H groups in total. The van der Waals surface area contributed by atoms with Crippen molar-refractivity contribution in [2.75, 3.05) is 20.2 Å². The molecule has 0 aliphatic carbocycles. The summed E-state index contributed by atoms with van der Waals surface area (Å²) in [4.78, 5) is 25.9. The lowest BCUT2D eigenvalue weighted by Gasteiger charge is -2.18. The van der Waals surface area contributed by atoms with Gasteiger partial charge in [0.25, 0.3) is 5.91 Å². The van der Waals surface area contributed by atoms with Gasteiger partial charge in [-0.25, -0.2) is 0 Å². The van der Waals surface area contributed by atoms with Gasteiger partial charge in [0.05, 0.1) is 7.11 Å². The third kappa shape index (κ3) is 3.70. The van der Waals surface area contributed by atoms with E-state index in [9.17, 15) is 22.8 Å². The molecule has 0 unspecified atom stereocenters. The molecule has 1 aliphatic heterocycles. The maximum atomic E-state index is 12.3. The lowest BCUT2D eigenvalue weighted by Crippen LogP contribution is -2.43. The SMILES string of the molecule is COc1cc(C)sc1C(=O)N[C@H]1CCN(CC(F)(F)F)C1=O. The summed E-state index contributed by atoms with van der Waals surface area (Å²) in [5, 5.41) is 2.48. The summed E-state index contributed by atoms with van der Waals surface area (Å²) in [6.45, 7) is 0.485. The highest BCUT2D eigenvalue weighted by Gasteiger charge is 2.40. The molecule has 1 saturated heterocycles. The molecule has 5 nitrogen and oxygen atoms in total. The number of nitrogens with zero attached hydrogens (tertiary/aromatic N) is 1. The number of methoxy groups -OCH3 is 1. The van der Waals surface area contributed by atoms with Gasteiger partial charge in [-0.3, -0.25) is 9.59 Å². The predicted octanol–water partition coefficient (Wildman–Crippen LogP) is 1.96. The van der Waals surface area contributed by atoms with Crippen molar-refractivity contribution >= 4 is 23.2 Å². The summed E-state index contributed by atoms with van der Waals surface area (Å²) in [7, 11) is 1.42. The number of alkyl halides is 3. The van der Waals surface area contributed by atoms with E-state index < -0.39 is 30.6 Å². The standard InChI is InChI=1S/C13H15F3N2O3S/c1-7-5-9(21-2)10(22-7)11(19)17-8-3-4-18(12(8)20)6-13(14,15)16/h5,8H,3-4,6H2,1-2H3,(H,17,19)/t8-/m0/s1. The van der Waals surface area contributed by atoms with Crippen LogP contribution in [0.3, 0.4) is 0 Å². The van der Waals surface area contributed by atoms with E-state index in [0.717, 1.165) is 4.88 Å². The van der Waals surface area contributed by atoms with E-state index in [-0.39, 0.29) is 13.0 Å². The van der Waals surface area contributed by atoms with E-state index >= 15 is 0 Å². The van der Waals surface area contributed by atoms with E-state index in [0.29, 0.717) is 15.5 Å². The van der Waals surface area contributed by atoms with Gasteiger partial charge < -0.3 is 15.0 Å². The van der Waals surface area contributed by atoms with Gasteiger partial charge in [0, 0.05) is 11.4 Å². The Labute approximate surface area is 129 Å². The minimum Gasteiger partial charge on any atom is -0.495 e. The van der Waals surface area contributed by atoms with Crippen LogP contribution >= 0.6 is 11.3 Å². The number of aryl methyl sites for hydroxylation is 1. The fourth-order valence-electron chi connectivity index (χ4n) is 2.27. The minimum atomic E-state index is -4.44. The van der Waals surface area contributed by atoms with Crippen molar-refractivity contribution in [2.45, 2.75) is 25.6 Å². The third-order valence-corrected chi connectivity index (χ3v) is 4.25. The molecule has 1 aromatic heterocycles.